The van der Waals surface area contributed by atoms with E-state index in [1.807, 2.05) is 0 Å². The van der Waals surface area contributed by atoms with Crippen LogP contribution in [0.5, 0.6) is 0 Å². The van der Waals surface area contributed by atoms with Crippen LogP contribution in [0, 0.1) is 0 Å². The maximum Gasteiger partial charge on any atom is 0.0137 e. The summed E-state index contributed by atoms with van der Waals surface area (Å²) in [6.07, 6.45) is 7.25. The molecule has 0 aliphatic heterocycles. The summed E-state index contributed by atoms with van der Waals surface area (Å²) in [6.45, 7) is 7.24. The molecule has 0 aromatic heterocycles. The standard InChI is InChI=1S/C11H24N2/c1-11(2)7-10-13-9-6-4-3-5-8-12/h7,13H,3-6,8-10,12H2,1-2H3. The quantitative estimate of drug-likeness (QED) is 0.447. The largest absolute Gasteiger partial charge is 0.330 e. The lowest BCUT2D eigenvalue weighted by Gasteiger charge is -2.01. The van der Waals surface area contributed by atoms with Gasteiger partial charge in [-0.3, -0.25) is 0 Å². The summed E-state index contributed by atoms with van der Waals surface area (Å²) >= 11 is 0. The van der Waals surface area contributed by atoms with Crippen LogP contribution >= 0.6 is 0 Å². The minimum Gasteiger partial charge on any atom is -0.330 e. The lowest BCUT2D eigenvalue weighted by atomic mass is 10.2. The molecule has 0 saturated carbocycles. The maximum atomic E-state index is 5.40. The van der Waals surface area contributed by atoms with E-state index in [0.717, 1.165) is 19.6 Å². The van der Waals surface area contributed by atoms with Crippen molar-refractivity contribution in [3.8, 4) is 0 Å². The Morgan fingerprint density at radius 3 is 2.46 bits per heavy atom. The van der Waals surface area contributed by atoms with Crippen molar-refractivity contribution < 1.29 is 0 Å². The van der Waals surface area contributed by atoms with Crippen LogP contribution in [-0.2, 0) is 0 Å². The van der Waals surface area contributed by atoms with Gasteiger partial charge in [-0.25, -0.2) is 0 Å². The van der Waals surface area contributed by atoms with Crippen LogP contribution in [0.4, 0.5) is 0 Å². The molecule has 0 unspecified atom stereocenters. The molecule has 0 atom stereocenters. The molecule has 0 aliphatic rings. The molecule has 0 fully saturated rings. The van der Waals surface area contributed by atoms with Crippen LogP contribution in [0.3, 0.4) is 0 Å². The van der Waals surface area contributed by atoms with E-state index in [1.165, 1.54) is 31.3 Å². The first kappa shape index (κ1) is 12.7. The van der Waals surface area contributed by atoms with Crippen molar-refractivity contribution >= 4 is 0 Å². The summed E-state index contributed by atoms with van der Waals surface area (Å²) in [5.74, 6) is 0. The normalized spacial score (nSPS) is 10.1. The highest BCUT2D eigenvalue weighted by Crippen LogP contribution is 1.96. The molecule has 0 rings (SSSR count). The van der Waals surface area contributed by atoms with Gasteiger partial charge >= 0.3 is 0 Å². The Kier molecular flexibility index (Phi) is 9.49. The second-order valence-electron chi connectivity index (χ2n) is 3.69. The van der Waals surface area contributed by atoms with Gasteiger partial charge in [-0.2, -0.15) is 0 Å². The second-order valence-corrected chi connectivity index (χ2v) is 3.69. The van der Waals surface area contributed by atoms with E-state index in [9.17, 15) is 0 Å². The van der Waals surface area contributed by atoms with Crippen LogP contribution in [-0.4, -0.2) is 19.6 Å². The van der Waals surface area contributed by atoms with Crippen molar-refractivity contribution in [3.63, 3.8) is 0 Å². The van der Waals surface area contributed by atoms with Gasteiger partial charge in [0.1, 0.15) is 0 Å². The Labute approximate surface area is 82.6 Å². The summed E-state index contributed by atoms with van der Waals surface area (Å²) in [6, 6.07) is 0. The zero-order valence-corrected chi connectivity index (χ0v) is 9.10. The third-order valence-corrected chi connectivity index (χ3v) is 1.96. The van der Waals surface area contributed by atoms with Gasteiger partial charge in [0.15, 0.2) is 0 Å². The molecule has 0 bridgehead atoms. The first-order valence-electron chi connectivity index (χ1n) is 5.31. The summed E-state index contributed by atoms with van der Waals surface area (Å²) < 4.78 is 0. The van der Waals surface area contributed by atoms with E-state index in [0.29, 0.717) is 0 Å². The number of nitrogens with one attached hydrogen (secondary N) is 1. The molecule has 0 aromatic rings. The third-order valence-electron chi connectivity index (χ3n) is 1.96. The monoisotopic (exact) mass is 184 g/mol. The molecular weight excluding hydrogens is 160 g/mol. The third kappa shape index (κ3) is 11.7. The van der Waals surface area contributed by atoms with Gasteiger partial charge < -0.3 is 11.1 Å². The zero-order valence-electron chi connectivity index (χ0n) is 9.10. The first-order chi connectivity index (χ1) is 6.27. The minimum atomic E-state index is 0.838. The van der Waals surface area contributed by atoms with Gasteiger partial charge in [0.05, 0.1) is 0 Å². The second kappa shape index (κ2) is 9.75. The summed E-state index contributed by atoms with van der Waals surface area (Å²) in [5.41, 5.74) is 6.79. The van der Waals surface area contributed by atoms with Gasteiger partial charge in [0, 0.05) is 6.54 Å². The summed E-state index contributed by atoms with van der Waals surface area (Å²) in [7, 11) is 0. The fourth-order valence-corrected chi connectivity index (χ4v) is 1.13. The van der Waals surface area contributed by atoms with E-state index in [-0.39, 0.29) is 0 Å². The predicted octanol–water partition coefficient (Wildman–Crippen LogP) is 2.06. The molecule has 0 spiro atoms. The topological polar surface area (TPSA) is 38.0 Å². The predicted molar refractivity (Wildman–Crippen MR) is 59.8 cm³/mol. The van der Waals surface area contributed by atoms with Crippen LogP contribution in [0.1, 0.15) is 39.5 Å². The van der Waals surface area contributed by atoms with E-state index in [2.05, 4.69) is 25.2 Å². The van der Waals surface area contributed by atoms with E-state index >= 15 is 0 Å². The lowest BCUT2D eigenvalue weighted by molar-refractivity contribution is 0.609. The molecule has 2 nitrogen and oxygen atoms in total. The number of hydrogen-bond donors (Lipinski definition) is 2. The van der Waals surface area contributed by atoms with Gasteiger partial charge in [-0.05, 0) is 39.8 Å². The highest BCUT2D eigenvalue weighted by molar-refractivity contribution is 4.94. The molecule has 0 amide bonds. The van der Waals surface area contributed by atoms with Crippen LogP contribution in [0.2, 0.25) is 0 Å². The number of nitrogens with two attached hydrogens (primary N) is 1. The van der Waals surface area contributed by atoms with Gasteiger partial charge in [-0.15, -0.1) is 0 Å². The van der Waals surface area contributed by atoms with Gasteiger partial charge in [0.25, 0.3) is 0 Å². The molecular formula is C11H24N2. The molecule has 0 radical (unpaired) electrons. The number of hydrogen-bond acceptors (Lipinski definition) is 2. The lowest BCUT2D eigenvalue weighted by Crippen LogP contribution is -2.15. The smallest absolute Gasteiger partial charge is 0.0137 e. The summed E-state index contributed by atoms with van der Waals surface area (Å²) in [5, 5.41) is 3.39. The number of unbranched alkanes of at least 4 members (excludes halogenated alkanes) is 3. The van der Waals surface area contributed by atoms with Crippen molar-refractivity contribution in [3.05, 3.63) is 11.6 Å². The van der Waals surface area contributed by atoms with E-state index < -0.39 is 0 Å². The Bertz CT molecular complexity index is 126. The number of allylic oxidation sites excluding steroid dienone is 1. The fraction of sp³-hybridized carbons (Fsp3) is 0.818. The van der Waals surface area contributed by atoms with Crippen molar-refractivity contribution in [2.24, 2.45) is 5.73 Å². The molecule has 2 heteroatoms. The average Bonchev–Trinajstić information content (AvgIpc) is 2.09. The van der Waals surface area contributed by atoms with Crippen molar-refractivity contribution in [1.82, 2.24) is 5.32 Å². The minimum absolute atomic E-state index is 0.838. The SMILES string of the molecule is CC(C)=CCNCCCCCCN. The van der Waals surface area contributed by atoms with Crippen molar-refractivity contribution in [2.75, 3.05) is 19.6 Å². The molecule has 0 saturated heterocycles. The van der Waals surface area contributed by atoms with Crippen LogP contribution < -0.4 is 11.1 Å². The molecule has 78 valence electrons. The number of rotatable bonds is 8. The Hall–Kier alpha value is -0.340. The van der Waals surface area contributed by atoms with E-state index in [4.69, 9.17) is 5.73 Å². The molecule has 0 aromatic carbocycles. The Morgan fingerprint density at radius 2 is 1.85 bits per heavy atom. The van der Waals surface area contributed by atoms with Gasteiger partial charge in [0.2, 0.25) is 0 Å². The zero-order chi connectivity index (χ0) is 9.94. The molecule has 0 heterocycles. The highest BCUT2D eigenvalue weighted by Gasteiger charge is 1.87. The Balaban J connectivity index is 2.96. The Morgan fingerprint density at radius 1 is 1.15 bits per heavy atom. The molecule has 13 heavy (non-hydrogen) atoms. The average molecular weight is 184 g/mol. The van der Waals surface area contributed by atoms with Crippen LogP contribution in [0.15, 0.2) is 11.6 Å². The maximum absolute atomic E-state index is 5.40. The van der Waals surface area contributed by atoms with Crippen molar-refractivity contribution in [2.45, 2.75) is 39.5 Å². The molecule has 3 N–H and O–H groups in total. The van der Waals surface area contributed by atoms with Crippen LogP contribution in [0.25, 0.3) is 0 Å². The van der Waals surface area contributed by atoms with Crippen molar-refractivity contribution in [1.29, 1.82) is 0 Å². The summed E-state index contributed by atoms with van der Waals surface area (Å²) in [4.78, 5) is 0. The van der Waals surface area contributed by atoms with E-state index in [1.54, 1.807) is 0 Å². The highest BCUT2D eigenvalue weighted by atomic mass is 14.8. The van der Waals surface area contributed by atoms with Gasteiger partial charge in [-0.1, -0.05) is 24.5 Å². The fourth-order valence-electron chi connectivity index (χ4n) is 1.13. The molecule has 0 aliphatic carbocycles. The first-order valence-corrected chi connectivity index (χ1v) is 5.31.